The van der Waals surface area contributed by atoms with E-state index in [1.54, 1.807) is 23.9 Å². The van der Waals surface area contributed by atoms with E-state index in [0.29, 0.717) is 5.69 Å². The van der Waals surface area contributed by atoms with Crippen LogP contribution >= 0.6 is 0 Å². The van der Waals surface area contributed by atoms with Crippen molar-refractivity contribution in [1.29, 1.82) is 0 Å². The van der Waals surface area contributed by atoms with Gasteiger partial charge < -0.3 is 10.2 Å². The second-order valence-electron chi connectivity index (χ2n) is 3.48. The predicted octanol–water partition coefficient (Wildman–Crippen LogP) is 0.878. The Labute approximate surface area is 77.8 Å². The molecule has 0 aliphatic carbocycles. The fraction of sp³-hybridized carbons (Fsp3) is 0.667. The van der Waals surface area contributed by atoms with Crippen molar-refractivity contribution in [2.75, 3.05) is 0 Å². The first kappa shape index (κ1) is 10.2. The number of rotatable bonds is 3. The van der Waals surface area contributed by atoms with Crippen LogP contribution in [0.3, 0.4) is 0 Å². The number of hydrogen-bond acceptors (Lipinski definition) is 3. The van der Waals surface area contributed by atoms with Crippen LogP contribution in [0.4, 0.5) is 0 Å². The molecular formula is C9H16N2O2. The highest BCUT2D eigenvalue weighted by Gasteiger charge is 2.18. The fourth-order valence-electron chi connectivity index (χ4n) is 1.24. The Morgan fingerprint density at radius 2 is 1.92 bits per heavy atom. The van der Waals surface area contributed by atoms with Crippen molar-refractivity contribution in [3.63, 3.8) is 0 Å². The van der Waals surface area contributed by atoms with Gasteiger partial charge >= 0.3 is 0 Å². The number of hydrogen-bond donors (Lipinski definition) is 2. The van der Waals surface area contributed by atoms with E-state index in [9.17, 15) is 10.2 Å². The Kier molecular flexibility index (Phi) is 3.06. The van der Waals surface area contributed by atoms with Gasteiger partial charge in [-0.2, -0.15) is 5.10 Å². The molecule has 1 aromatic rings. The predicted molar refractivity (Wildman–Crippen MR) is 49.3 cm³/mol. The van der Waals surface area contributed by atoms with Crippen LogP contribution < -0.4 is 0 Å². The van der Waals surface area contributed by atoms with Gasteiger partial charge in [0, 0.05) is 12.2 Å². The topological polar surface area (TPSA) is 58.3 Å². The molecule has 2 unspecified atom stereocenters. The van der Waals surface area contributed by atoms with Crippen molar-refractivity contribution in [1.82, 2.24) is 9.78 Å². The first-order valence-corrected chi connectivity index (χ1v) is 4.43. The van der Waals surface area contributed by atoms with Gasteiger partial charge in [-0.3, -0.25) is 4.68 Å². The van der Waals surface area contributed by atoms with Gasteiger partial charge in [-0.05, 0) is 26.8 Å². The van der Waals surface area contributed by atoms with Crippen molar-refractivity contribution in [2.24, 2.45) is 0 Å². The zero-order valence-electron chi connectivity index (χ0n) is 8.18. The van der Waals surface area contributed by atoms with E-state index in [1.807, 2.05) is 13.8 Å². The van der Waals surface area contributed by atoms with Crippen LogP contribution in [-0.2, 0) is 0 Å². The third-order valence-electron chi connectivity index (χ3n) is 1.95. The molecule has 4 heteroatoms. The van der Waals surface area contributed by atoms with Crippen LogP contribution in [0.5, 0.6) is 0 Å². The molecule has 2 atom stereocenters. The largest absolute Gasteiger partial charge is 0.390 e. The quantitative estimate of drug-likeness (QED) is 0.733. The molecule has 0 saturated carbocycles. The van der Waals surface area contributed by atoms with E-state index in [4.69, 9.17) is 0 Å². The summed E-state index contributed by atoms with van der Waals surface area (Å²) in [5.74, 6) is 0. The van der Waals surface area contributed by atoms with Crippen molar-refractivity contribution < 1.29 is 10.2 Å². The van der Waals surface area contributed by atoms with E-state index < -0.39 is 12.2 Å². The summed E-state index contributed by atoms with van der Waals surface area (Å²) < 4.78 is 1.71. The molecule has 4 nitrogen and oxygen atoms in total. The summed E-state index contributed by atoms with van der Waals surface area (Å²) in [6.07, 6.45) is 0.0000926. The molecule has 1 aromatic heterocycles. The second-order valence-corrected chi connectivity index (χ2v) is 3.48. The maximum atomic E-state index is 9.61. The number of aromatic nitrogens is 2. The molecule has 0 fully saturated rings. The van der Waals surface area contributed by atoms with E-state index in [2.05, 4.69) is 5.10 Å². The molecule has 0 saturated heterocycles. The molecule has 0 bridgehead atoms. The Morgan fingerprint density at radius 1 is 1.31 bits per heavy atom. The molecule has 0 aliphatic rings. The van der Waals surface area contributed by atoms with Crippen LogP contribution in [0, 0.1) is 0 Å². The van der Waals surface area contributed by atoms with Crippen LogP contribution in [0.25, 0.3) is 0 Å². The minimum atomic E-state index is -0.857. The number of nitrogens with zero attached hydrogens (tertiary/aromatic N) is 2. The summed E-state index contributed by atoms with van der Waals surface area (Å²) in [5, 5.41) is 22.9. The van der Waals surface area contributed by atoms with Crippen LogP contribution in [-0.4, -0.2) is 26.1 Å². The molecule has 0 spiro atoms. The monoisotopic (exact) mass is 184 g/mol. The van der Waals surface area contributed by atoms with Gasteiger partial charge in [0.25, 0.3) is 0 Å². The van der Waals surface area contributed by atoms with Gasteiger partial charge in [-0.1, -0.05) is 0 Å². The molecular weight excluding hydrogens is 168 g/mol. The van der Waals surface area contributed by atoms with E-state index in [1.165, 1.54) is 0 Å². The summed E-state index contributed by atoms with van der Waals surface area (Å²) in [6, 6.07) is 1.91. The van der Waals surface area contributed by atoms with Crippen molar-refractivity contribution in [2.45, 2.75) is 39.0 Å². The van der Waals surface area contributed by atoms with Gasteiger partial charge in [0.1, 0.15) is 6.10 Å². The molecule has 0 aliphatic heterocycles. The summed E-state index contributed by atoms with van der Waals surface area (Å²) in [4.78, 5) is 0. The maximum absolute atomic E-state index is 9.61. The van der Waals surface area contributed by atoms with Gasteiger partial charge in [-0.25, -0.2) is 0 Å². The lowest BCUT2D eigenvalue weighted by Gasteiger charge is -2.17. The Balaban J connectivity index is 2.93. The molecule has 2 N–H and O–H groups in total. The fourth-order valence-corrected chi connectivity index (χ4v) is 1.24. The molecule has 74 valence electrons. The molecule has 0 radical (unpaired) electrons. The molecule has 0 amide bonds. The van der Waals surface area contributed by atoms with Gasteiger partial charge in [0.05, 0.1) is 11.8 Å². The summed E-state index contributed by atoms with van der Waals surface area (Å²) in [5.41, 5.74) is 0.657. The Bertz CT molecular complexity index is 268. The third-order valence-corrected chi connectivity index (χ3v) is 1.95. The highest BCUT2D eigenvalue weighted by Crippen LogP contribution is 2.19. The SMILES string of the molecule is CC(O)C(O)c1ccnn1C(C)C. The second kappa shape index (κ2) is 3.89. The van der Waals surface area contributed by atoms with Crippen molar-refractivity contribution in [3.8, 4) is 0 Å². The van der Waals surface area contributed by atoms with E-state index >= 15 is 0 Å². The normalized spacial score (nSPS) is 16.2. The first-order valence-electron chi connectivity index (χ1n) is 4.43. The van der Waals surface area contributed by atoms with E-state index in [-0.39, 0.29) is 6.04 Å². The summed E-state index contributed by atoms with van der Waals surface area (Å²) in [6.45, 7) is 5.51. The Hall–Kier alpha value is -0.870. The highest BCUT2D eigenvalue weighted by molar-refractivity contribution is 5.06. The zero-order valence-corrected chi connectivity index (χ0v) is 8.18. The smallest absolute Gasteiger partial charge is 0.121 e. The molecule has 1 rings (SSSR count). The van der Waals surface area contributed by atoms with Crippen molar-refractivity contribution in [3.05, 3.63) is 18.0 Å². The summed E-state index contributed by atoms with van der Waals surface area (Å²) >= 11 is 0. The van der Waals surface area contributed by atoms with E-state index in [0.717, 1.165) is 0 Å². The molecule has 13 heavy (non-hydrogen) atoms. The highest BCUT2D eigenvalue weighted by atomic mass is 16.3. The minimum Gasteiger partial charge on any atom is -0.390 e. The van der Waals surface area contributed by atoms with Gasteiger partial charge in [0.15, 0.2) is 0 Å². The van der Waals surface area contributed by atoms with Crippen LogP contribution in [0.1, 0.15) is 38.6 Å². The van der Waals surface area contributed by atoms with Crippen LogP contribution in [0.15, 0.2) is 12.3 Å². The number of aliphatic hydroxyl groups is 2. The standard InChI is InChI=1S/C9H16N2O2/c1-6(2)11-8(4-5-10-11)9(13)7(3)12/h4-7,9,12-13H,1-3H3. The third kappa shape index (κ3) is 2.08. The molecule has 0 aromatic carbocycles. The van der Waals surface area contributed by atoms with Gasteiger partial charge in [-0.15, -0.1) is 0 Å². The lowest BCUT2D eigenvalue weighted by Crippen LogP contribution is -2.19. The van der Waals surface area contributed by atoms with Crippen molar-refractivity contribution >= 4 is 0 Å². The first-order chi connectivity index (χ1) is 6.04. The maximum Gasteiger partial charge on any atom is 0.121 e. The summed E-state index contributed by atoms with van der Waals surface area (Å²) in [7, 11) is 0. The average molecular weight is 184 g/mol. The van der Waals surface area contributed by atoms with Gasteiger partial charge in [0.2, 0.25) is 0 Å². The average Bonchev–Trinajstić information content (AvgIpc) is 2.50. The lowest BCUT2D eigenvalue weighted by molar-refractivity contribution is 0.0242. The lowest BCUT2D eigenvalue weighted by atomic mass is 10.1. The number of aliphatic hydroxyl groups excluding tert-OH is 2. The molecule has 1 heterocycles. The zero-order chi connectivity index (χ0) is 10.0. The minimum absolute atomic E-state index is 0.193. The Morgan fingerprint density at radius 3 is 2.38 bits per heavy atom. The van der Waals surface area contributed by atoms with Crippen LogP contribution in [0.2, 0.25) is 0 Å².